The van der Waals surface area contributed by atoms with Gasteiger partial charge in [-0.3, -0.25) is 0 Å². The minimum Gasteiger partial charge on any atom is -0.312 e. The third-order valence-corrected chi connectivity index (χ3v) is 5.14. The number of hydrogen-bond acceptors (Lipinski definition) is 3. The lowest BCUT2D eigenvalue weighted by Gasteiger charge is -2.35. The molecular formula is C17H35N3. The Morgan fingerprint density at radius 3 is 2.55 bits per heavy atom. The average molecular weight is 281 g/mol. The third-order valence-electron chi connectivity index (χ3n) is 5.14. The number of nitrogens with one attached hydrogen (secondary N) is 1. The first-order valence-electron chi connectivity index (χ1n) is 8.94. The first-order valence-corrected chi connectivity index (χ1v) is 8.94. The van der Waals surface area contributed by atoms with Gasteiger partial charge in [0.15, 0.2) is 0 Å². The monoisotopic (exact) mass is 281 g/mol. The molecule has 20 heavy (non-hydrogen) atoms. The molecule has 0 aromatic rings. The number of hydrogen-bond donors (Lipinski definition) is 1. The lowest BCUT2D eigenvalue weighted by atomic mass is 9.83. The van der Waals surface area contributed by atoms with Gasteiger partial charge in [0.05, 0.1) is 0 Å². The van der Waals surface area contributed by atoms with Crippen LogP contribution in [0.4, 0.5) is 0 Å². The molecule has 0 radical (unpaired) electrons. The van der Waals surface area contributed by atoms with Crippen molar-refractivity contribution in [3.8, 4) is 0 Å². The Labute approximate surface area is 126 Å². The van der Waals surface area contributed by atoms with Crippen LogP contribution in [0.1, 0.15) is 51.9 Å². The second-order valence-electron chi connectivity index (χ2n) is 6.92. The highest BCUT2D eigenvalue weighted by Crippen LogP contribution is 2.27. The molecule has 3 heteroatoms. The van der Waals surface area contributed by atoms with Crippen molar-refractivity contribution in [1.29, 1.82) is 0 Å². The Bertz CT molecular complexity index is 251. The average Bonchev–Trinajstić information content (AvgIpc) is 2.69. The quantitative estimate of drug-likeness (QED) is 0.807. The molecule has 118 valence electrons. The minimum atomic E-state index is 0.735. The zero-order chi connectivity index (χ0) is 14.2. The molecule has 1 aliphatic heterocycles. The SMILES string of the molecule is CCCNC(CN1CCCN(C)CC1)C1CCCCC1. The molecule has 3 nitrogen and oxygen atoms in total. The predicted molar refractivity (Wildman–Crippen MR) is 87.2 cm³/mol. The standard InChI is InChI=1S/C17H35N3/c1-3-10-18-17(16-8-5-4-6-9-16)15-20-12-7-11-19(2)13-14-20/h16-18H,3-15H2,1-2H3. The second-order valence-corrected chi connectivity index (χ2v) is 6.92. The maximum Gasteiger partial charge on any atom is 0.0223 e. The summed E-state index contributed by atoms with van der Waals surface area (Å²) < 4.78 is 0. The Hall–Kier alpha value is -0.120. The summed E-state index contributed by atoms with van der Waals surface area (Å²) >= 11 is 0. The van der Waals surface area contributed by atoms with Gasteiger partial charge in [0.2, 0.25) is 0 Å². The molecule has 1 saturated heterocycles. The van der Waals surface area contributed by atoms with Gasteiger partial charge in [-0.15, -0.1) is 0 Å². The van der Waals surface area contributed by atoms with Gasteiger partial charge < -0.3 is 15.1 Å². The van der Waals surface area contributed by atoms with Crippen LogP contribution >= 0.6 is 0 Å². The van der Waals surface area contributed by atoms with Crippen molar-refractivity contribution in [3.63, 3.8) is 0 Å². The van der Waals surface area contributed by atoms with Crippen molar-refractivity contribution in [2.45, 2.75) is 57.9 Å². The highest BCUT2D eigenvalue weighted by atomic mass is 15.2. The molecule has 2 fully saturated rings. The molecule has 0 bridgehead atoms. The van der Waals surface area contributed by atoms with Gasteiger partial charge in [-0.1, -0.05) is 26.2 Å². The van der Waals surface area contributed by atoms with Crippen LogP contribution in [-0.4, -0.2) is 62.2 Å². The van der Waals surface area contributed by atoms with E-state index in [2.05, 4.69) is 29.1 Å². The summed E-state index contributed by atoms with van der Waals surface area (Å²) in [4.78, 5) is 5.19. The van der Waals surface area contributed by atoms with Gasteiger partial charge in [0.25, 0.3) is 0 Å². The summed E-state index contributed by atoms with van der Waals surface area (Å²) in [7, 11) is 2.26. The van der Waals surface area contributed by atoms with E-state index in [-0.39, 0.29) is 0 Å². The topological polar surface area (TPSA) is 18.5 Å². The number of rotatable bonds is 6. The summed E-state index contributed by atoms with van der Waals surface area (Å²) in [6.07, 6.45) is 9.87. The van der Waals surface area contributed by atoms with E-state index in [4.69, 9.17) is 0 Å². The lowest BCUT2D eigenvalue weighted by Crippen LogP contribution is -2.47. The molecule has 1 atom stereocenters. The van der Waals surface area contributed by atoms with Crippen LogP contribution in [0.25, 0.3) is 0 Å². The van der Waals surface area contributed by atoms with Crippen LogP contribution in [0.3, 0.4) is 0 Å². The van der Waals surface area contributed by atoms with E-state index in [1.54, 1.807) is 0 Å². The van der Waals surface area contributed by atoms with Crippen LogP contribution in [0.5, 0.6) is 0 Å². The van der Waals surface area contributed by atoms with Crippen molar-refractivity contribution < 1.29 is 0 Å². The summed E-state index contributed by atoms with van der Waals surface area (Å²) in [5, 5.41) is 3.86. The Balaban J connectivity index is 1.84. The number of nitrogens with zero attached hydrogens (tertiary/aromatic N) is 2. The first kappa shape index (κ1) is 16.3. The molecular weight excluding hydrogens is 246 g/mol. The predicted octanol–water partition coefficient (Wildman–Crippen LogP) is 2.57. The molecule has 1 saturated carbocycles. The van der Waals surface area contributed by atoms with E-state index in [0.717, 1.165) is 12.0 Å². The molecule has 1 N–H and O–H groups in total. The smallest absolute Gasteiger partial charge is 0.0223 e. The normalized spacial score (nSPS) is 25.5. The maximum absolute atomic E-state index is 3.86. The second kappa shape index (κ2) is 9.01. The summed E-state index contributed by atoms with van der Waals surface area (Å²) in [6, 6.07) is 0.735. The van der Waals surface area contributed by atoms with E-state index < -0.39 is 0 Å². The molecule has 1 heterocycles. The molecule has 2 rings (SSSR count). The van der Waals surface area contributed by atoms with Gasteiger partial charge in [-0.2, -0.15) is 0 Å². The zero-order valence-corrected chi connectivity index (χ0v) is 13.7. The molecule has 1 aliphatic carbocycles. The van der Waals surface area contributed by atoms with E-state index >= 15 is 0 Å². The van der Waals surface area contributed by atoms with Gasteiger partial charge in [-0.05, 0) is 58.3 Å². The fraction of sp³-hybridized carbons (Fsp3) is 1.00. The minimum absolute atomic E-state index is 0.735. The van der Waals surface area contributed by atoms with Gasteiger partial charge in [0.1, 0.15) is 0 Å². The Kier molecular flexibility index (Phi) is 7.32. The van der Waals surface area contributed by atoms with Crippen molar-refractivity contribution >= 4 is 0 Å². The molecule has 0 spiro atoms. The maximum atomic E-state index is 3.86. The van der Waals surface area contributed by atoms with Crippen molar-refractivity contribution in [2.24, 2.45) is 5.92 Å². The number of likely N-dealkylation sites (N-methyl/N-ethyl adjacent to an activating group) is 1. The molecule has 0 aromatic carbocycles. The van der Waals surface area contributed by atoms with E-state index in [1.165, 1.54) is 84.2 Å². The van der Waals surface area contributed by atoms with Gasteiger partial charge >= 0.3 is 0 Å². The van der Waals surface area contributed by atoms with Crippen molar-refractivity contribution in [1.82, 2.24) is 15.1 Å². The van der Waals surface area contributed by atoms with Crippen LogP contribution in [0.2, 0.25) is 0 Å². The Morgan fingerprint density at radius 1 is 1.00 bits per heavy atom. The van der Waals surface area contributed by atoms with E-state index in [1.807, 2.05) is 0 Å². The van der Waals surface area contributed by atoms with Gasteiger partial charge in [-0.25, -0.2) is 0 Å². The highest BCUT2D eigenvalue weighted by molar-refractivity contribution is 4.83. The fourth-order valence-electron chi connectivity index (χ4n) is 3.81. The van der Waals surface area contributed by atoms with Crippen LogP contribution < -0.4 is 5.32 Å². The van der Waals surface area contributed by atoms with Crippen molar-refractivity contribution in [2.75, 3.05) is 46.3 Å². The Morgan fingerprint density at radius 2 is 1.80 bits per heavy atom. The van der Waals surface area contributed by atoms with Gasteiger partial charge in [0, 0.05) is 25.7 Å². The third kappa shape index (κ3) is 5.34. The summed E-state index contributed by atoms with van der Waals surface area (Å²) in [6.45, 7) is 9.81. The fourth-order valence-corrected chi connectivity index (χ4v) is 3.81. The highest BCUT2D eigenvalue weighted by Gasteiger charge is 2.25. The molecule has 0 aromatic heterocycles. The van der Waals surface area contributed by atoms with Crippen LogP contribution in [0, 0.1) is 5.92 Å². The molecule has 2 aliphatic rings. The molecule has 0 amide bonds. The first-order chi connectivity index (χ1) is 9.79. The zero-order valence-electron chi connectivity index (χ0n) is 13.7. The largest absolute Gasteiger partial charge is 0.312 e. The molecule has 1 unspecified atom stereocenters. The van der Waals surface area contributed by atoms with Crippen LogP contribution in [-0.2, 0) is 0 Å². The van der Waals surface area contributed by atoms with Crippen molar-refractivity contribution in [3.05, 3.63) is 0 Å². The van der Waals surface area contributed by atoms with E-state index in [0.29, 0.717) is 0 Å². The van der Waals surface area contributed by atoms with E-state index in [9.17, 15) is 0 Å². The lowest BCUT2D eigenvalue weighted by molar-refractivity contribution is 0.186. The van der Waals surface area contributed by atoms with Crippen LogP contribution in [0.15, 0.2) is 0 Å². The summed E-state index contributed by atoms with van der Waals surface area (Å²) in [5.41, 5.74) is 0. The summed E-state index contributed by atoms with van der Waals surface area (Å²) in [5.74, 6) is 0.927.